The molecule has 20 heavy (non-hydrogen) atoms. The van der Waals surface area contributed by atoms with Crippen molar-refractivity contribution in [2.24, 2.45) is 5.84 Å². The topological polar surface area (TPSA) is 68.8 Å². The Labute approximate surface area is 117 Å². The molecule has 0 aliphatic heterocycles. The number of aromatic nitrogens is 3. The van der Waals surface area contributed by atoms with Gasteiger partial charge in [0.15, 0.2) is 0 Å². The molecule has 100 valence electrons. The summed E-state index contributed by atoms with van der Waals surface area (Å²) in [4.78, 5) is 4.37. The number of benzene rings is 1. The van der Waals surface area contributed by atoms with Crippen molar-refractivity contribution in [2.75, 3.05) is 5.43 Å². The quantitative estimate of drug-likeness (QED) is 0.561. The number of hydrazine groups is 1. The number of nitrogen functional groups attached to an aromatic ring is 1. The third-order valence-electron chi connectivity index (χ3n) is 3.02. The zero-order valence-electron chi connectivity index (χ0n) is 10.9. The van der Waals surface area contributed by atoms with Crippen molar-refractivity contribution in [2.45, 2.75) is 6.54 Å². The second-order valence-corrected chi connectivity index (χ2v) is 4.45. The van der Waals surface area contributed by atoms with Crippen LogP contribution in [0.2, 0.25) is 0 Å². The standard InChI is InChI=1S/C15H15N5/c16-19-15-8-4-7-14(18-15)11-20-10-13(9-17-20)12-5-2-1-3-6-12/h1-10H,11,16H2,(H,18,19). The van der Waals surface area contributed by atoms with Crippen molar-refractivity contribution in [3.8, 4) is 11.1 Å². The second-order valence-electron chi connectivity index (χ2n) is 4.45. The number of pyridine rings is 1. The molecule has 2 heterocycles. The molecule has 0 amide bonds. The number of rotatable bonds is 4. The number of nitrogens with one attached hydrogen (secondary N) is 1. The predicted octanol–water partition coefficient (Wildman–Crippen LogP) is 2.28. The molecule has 0 bridgehead atoms. The first-order valence-corrected chi connectivity index (χ1v) is 6.35. The van der Waals surface area contributed by atoms with Crippen molar-refractivity contribution in [3.63, 3.8) is 0 Å². The highest BCUT2D eigenvalue weighted by Crippen LogP contribution is 2.18. The van der Waals surface area contributed by atoms with Gasteiger partial charge in [-0.05, 0) is 17.7 Å². The highest BCUT2D eigenvalue weighted by molar-refractivity contribution is 5.61. The normalized spacial score (nSPS) is 10.4. The van der Waals surface area contributed by atoms with Gasteiger partial charge in [0.1, 0.15) is 5.82 Å². The minimum Gasteiger partial charge on any atom is -0.308 e. The SMILES string of the molecule is NNc1cccc(Cn2cc(-c3ccccc3)cn2)n1. The molecule has 1 aromatic carbocycles. The molecule has 5 heteroatoms. The predicted molar refractivity (Wildman–Crippen MR) is 78.8 cm³/mol. The number of hydrogen-bond donors (Lipinski definition) is 2. The molecule has 0 unspecified atom stereocenters. The maximum Gasteiger partial charge on any atom is 0.140 e. The Balaban J connectivity index is 1.80. The number of nitrogens with two attached hydrogens (primary N) is 1. The fourth-order valence-electron chi connectivity index (χ4n) is 2.04. The van der Waals surface area contributed by atoms with Crippen LogP contribution in [0.1, 0.15) is 5.69 Å². The van der Waals surface area contributed by atoms with Crippen LogP contribution in [0, 0.1) is 0 Å². The maximum absolute atomic E-state index is 5.36. The van der Waals surface area contributed by atoms with E-state index < -0.39 is 0 Å². The summed E-state index contributed by atoms with van der Waals surface area (Å²) >= 11 is 0. The van der Waals surface area contributed by atoms with E-state index in [9.17, 15) is 0 Å². The smallest absolute Gasteiger partial charge is 0.140 e. The van der Waals surface area contributed by atoms with Crippen LogP contribution in [-0.4, -0.2) is 14.8 Å². The molecule has 3 N–H and O–H groups in total. The molecule has 3 rings (SSSR count). The molecular weight excluding hydrogens is 250 g/mol. The van der Waals surface area contributed by atoms with Crippen LogP contribution in [0.4, 0.5) is 5.82 Å². The van der Waals surface area contributed by atoms with Gasteiger partial charge in [-0.15, -0.1) is 0 Å². The van der Waals surface area contributed by atoms with E-state index in [2.05, 4.69) is 27.6 Å². The van der Waals surface area contributed by atoms with E-state index in [-0.39, 0.29) is 0 Å². The average molecular weight is 265 g/mol. The largest absolute Gasteiger partial charge is 0.308 e. The Morgan fingerprint density at radius 1 is 1.00 bits per heavy atom. The molecule has 2 aromatic heterocycles. The lowest BCUT2D eigenvalue weighted by Crippen LogP contribution is -2.10. The van der Waals surface area contributed by atoms with Gasteiger partial charge in [-0.1, -0.05) is 36.4 Å². The van der Waals surface area contributed by atoms with E-state index in [4.69, 9.17) is 5.84 Å². The van der Waals surface area contributed by atoms with Gasteiger partial charge in [0, 0.05) is 11.8 Å². The van der Waals surface area contributed by atoms with Gasteiger partial charge in [0.05, 0.1) is 18.4 Å². The Kier molecular flexibility index (Phi) is 3.43. The molecule has 3 aromatic rings. The molecule has 0 atom stereocenters. The molecule has 5 nitrogen and oxygen atoms in total. The molecule has 0 saturated heterocycles. The van der Waals surface area contributed by atoms with Crippen molar-refractivity contribution in [3.05, 3.63) is 66.6 Å². The summed E-state index contributed by atoms with van der Waals surface area (Å²) in [5.41, 5.74) is 5.70. The van der Waals surface area contributed by atoms with Gasteiger partial charge in [0.2, 0.25) is 0 Å². The molecule has 0 spiro atoms. The van der Waals surface area contributed by atoms with Crippen molar-refractivity contribution < 1.29 is 0 Å². The monoisotopic (exact) mass is 265 g/mol. The van der Waals surface area contributed by atoms with E-state index in [1.54, 1.807) is 0 Å². The van der Waals surface area contributed by atoms with Crippen LogP contribution in [0.15, 0.2) is 60.9 Å². The number of anilines is 1. The van der Waals surface area contributed by atoms with Crippen LogP contribution in [0.25, 0.3) is 11.1 Å². The molecule has 0 radical (unpaired) electrons. The fourth-order valence-corrected chi connectivity index (χ4v) is 2.04. The van der Waals surface area contributed by atoms with Crippen molar-refractivity contribution in [1.82, 2.24) is 14.8 Å². The summed E-state index contributed by atoms with van der Waals surface area (Å²) < 4.78 is 1.87. The lowest BCUT2D eigenvalue weighted by atomic mass is 10.1. The van der Waals surface area contributed by atoms with Crippen LogP contribution in [0.5, 0.6) is 0 Å². The first-order valence-electron chi connectivity index (χ1n) is 6.35. The van der Waals surface area contributed by atoms with E-state index in [0.717, 1.165) is 16.8 Å². The average Bonchev–Trinajstić information content (AvgIpc) is 2.97. The highest BCUT2D eigenvalue weighted by Gasteiger charge is 2.03. The van der Waals surface area contributed by atoms with Crippen molar-refractivity contribution in [1.29, 1.82) is 0 Å². The third kappa shape index (κ3) is 2.67. The van der Waals surface area contributed by atoms with Gasteiger partial charge in [0.25, 0.3) is 0 Å². The number of hydrogen-bond acceptors (Lipinski definition) is 4. The van der Waals surface area contributed by atoms with Gasteiger partial charge in [-0.2, -0.15) is 5.10 Å². The van der Waals surface area contributed by atoms with Gasteiger partial charge in [-0.3, -0.25) is 4.68 Å². The van der Waals surface area contributed by atoms with Gasteiger partial charge >= 0.3 is 0 Å². The van der Waals surface area contributed by atoms with E-state index >= 15 is 0 Å². The molecule has 0 saturated carbocycles. The molecule has 0 aliphatic carbocycles. The van der Waals surface area contributed by atoms with Crippen LogP contribution < -0.4 is 11.3 Å². The van der Waals surface area contributed by atoms with Crippen LogP contribution in [-0.2, 0) is 6.54 Å². The lowest BCUT2D eigenvalue weighted by molar-refractivity contribution is 0.673. The highest BCUT2D eigenvalue weighted by atomic mass is 15.3. The summed E-state index contributed by atoms with van der Waals surface area (Å²) in [6.45, 7) is 0.613. The summed E-state index contributed by atoms with van der Waals surface area (Å²) in [6, 6.07) is 15.9. The molecule has 0 aliphatic rings. The summed E-state index contributed by atoms with van der Waals surface area (Å²) in [7, 11) is 0. The zero-order valence-corrected chi connectivity index (χ0v) is 10.9. The third-order valence-corrected chi connectivity index (χ3v) is 3.02. The summed E-state index contributed by atoms with van der Waals surface area (Å²) in [5.74, 6) is 6.01. The Morgan fingerprint density at radius 2 is 1.85 bits per heavy atom. The molecular formula is C15H15N5. The summed E-state index contributed by atoms with van der Waals surface area (Å²) in [6.07, 6.45) is 3.87. The van der Waals surface area contributed by atoms with E-state index in [1.165, 1.54) is 0 Å². The fraction of sp³-hybridized carbons (Fsp3) is 0.0667. The molecule has 0 fully saturated rings. The van der Waals surface area contributed by atoms with E-state index in [0.29, 0.717) is 12.4 Å². The van der Waals surface area contributed by atoms with Crippen molar-refractivity contribution >= 4 is 5.82 Å². The Bertz CT molecular complexity index is 690. The minimum absolute atomic E-state index is 0.613. The minimum atomic E-state index is 0.613. The lowest BCUT2D eigenvalue weighted by Gasteiger charge is -2.03. The van der Waals surface area contributed by atoms with Crippen LogP contribution >= 0.6 is 0 Å². The first kappa shape index (κ1) is 12.4. The Morgan fingerprint density at radius 3 is 2.65 bits per heavy atom. The summed E-state index contributed by atoms with van der Waals surface area (Å²) in [5, 5.41) is 4.37. The first-order chi connectivity index (χ1) is 9.85. The van der Waals surface area contributed by atoms with Gasteiger partial charge in [-0.25, -0.2) is 10.8 Å². The second kappa shape index (κ2) is 5.54. The van der Waals surface area contributed by atoms with Crippen LogP contribution in [0.3, 0.4) is 0 Å². The zero-order chi connectivity index (χ0) is 13.8. The van der Waals surface area contributed by atoms with Gasteiger partial charge < -0.3 is 5.43 Å². The number of nitrogens with zero attached hydrogens (tertiary/aromatic N) is 3. The van der Waals surface area contributed by atoms with E-state index in [1.807, 2.05) is 53.5 Å². The Hall–Kier alpha value is -2.66. The maximum atomic E-state index is 5.36.